The van der Waals surface area contributed by atoms with Crippen molar-refractivity contribution in [2.45, 2.75) is 38.9 Å². The maximum absolute atomic E-state index is 14.2. The predicted octanol–water partition coefficient (Wildman–Crippen LogP) is 6.18. The van der Waals surface area contributed by atoms with E-state index in [9.17, 15) is 30.7 Å². The van der Waals surface area contributed by atoms with Crippen molar-refractivity contribution in [3.05, 3.63) is 58.9 Å². The quantitative estimate of drug-likeness (QED) is 0.497. The molecule has 0 unspecified atom stereocenters. The average molecular weight is 396 g/mol. The van der Waals surface area contributed by atoms with Crippen LogP contribution in [0, 0.1) is 17.5 Å². The third-order valence-corrected chi connectivity index (χ3v) is 3.59. The van der Waals surface area contributed by atoms with E-state index in [1.165, 1.54) is 6.07 Å². The first-order valence-corrected chi connectivity index (χ1v) is 7.93. The van der Waals surface area contributed by atoms with Crippen molar-refractivity contribution in [3.63, 3.8) is 0 Å². The largest absolute Gasteiger partial charge is 0.429 e. The number of ether oxygens (including phenoxy) is 2. The van der Waals surface area contributed by atoms with Crippen LogP contribution in [0.3, 0.4) is 0 Å². The highest BCUT2D eigenvalue weighted by molar-refractivity contribution is 5.36. The monoisotopic (exact) mass is 396 g/mol. The molecular weight excluding hydrogens is 381 g/mol. The molecule has 0 N–H and O–H groups in total. The highest BCUT2D eigenvalue weighted by atomic mass is 19.3. The molecule has 0 amide bonds. The zero-order chi connectivity index (χ0) is 20.2. The standard InChI is InChI=1S/C18H15F7O2/c1-2-3-4-10-5-6-12(13(19)7-10)18(24,25)27-11-8-14(20)16(15(21)9-11)26-17(22)23/h5-9,17H,2-4H2,1H3. The number of hydrogen-bond donors (Lipinski definition) is 0. The Morgan fingerprint density at radius 1 is 0.963 bits per heavy atom. The summed E-state index contributed by atoms with van der Waals surface area (Å²) in [5, 5.41) is 0. The zero-order valence-electron chi connectivity index (χ0n) is 14.0. The van der Waals surface area contributed by atoms with Gasteiger partial charge in [-0.3, -0.25) is 0 Å². The van der Waals surface area contributed by atoms with Gasteiger partial charge in [-0.15, -0.1) is 0 Å². The van der Waals surface area contributed by atoms with Crippen molar-refractivity contribution in [1.82, 2.24) is 0 Å². The van der Waals surface area contributed by atoms with Gasteiger partial charge in [0.15, 0.2) is 17.4 Å². The third kappa shape index (κ3) is 5.27. The molecule has 0 spiro atoms. The molecule has 0 heterocycles. The molecule has 148 valence electrons. The van der Waals surface area contributed by atoms with Gasteiger partial charge in [-0.05, 0) is 30.5 Å². The van der Waals surface area contributed by atoms with Crippen LogP contribution in [0.25, 0.3) is 0 Å². The smallest absolute Gasteiger partial charge is 0.429 e. The highest BCUT2D eigenvalue weighted by Crippen LogP contribution is 2.36. The summed E-state index contributed by atoms with van der Waals surface area (Å²) < 4.78 is 102. The van der Waals surface area contributed by atoms with Crippen LogP contribution >= 0.6 is 0 Å². The second-order valence-electron chi connectivity index (χ2n) is 5.63. The molecule has 2 aromatic rings. The Labute approximate surface area is 150 Å². The summed E-state index contributed by atoms with van der Waals surface area (Å²) in [6, 6.07) is 3.53. The number of rotatable bonds is 8. The molecule has 0 aliphatic carbocycles. The van der Waals surface area contributed by atoms with Crippen LogP contribution in [0.15, 0.2) is 30.3 Å². The minimum atomic E-state index is -4.25. The molecule has 0 saturated carbocycles. The molecule has 0 fully saturated rings. The number of halogens is 7. The predicted molar refractivity (Wildman–Crippen MR) is 82.5 cm³/mol. The lowest BCUT2D eigenvalue weighted by atomic mass is 10.1. The van der Waals surface area contributed by atoms with Gasteiger partial charge in [0.1, 0.15) is 11.6 Å². The SMILES string of the molecule is CCCCc1ccc(C(F)(F)Oc2cc(F)c(OC(F)F)c(F)c2)c(F)c1. The number of aryl methyl sites for hydroxylation is 1. The lowest BCUT2D eigenvalue weighted by molar-refractivity contribution is -0.187. The van der Waals surface area contributed by atoms with Gasteiger partial charge in [0.25, 0.3) is 0 Å². The lowest BCUT2D eigenvalue weighted by Crippen LogP contribution is -2.23. The Bertz CT molecular complexity index is 770. The molecule has 27 heavy (non-hydrogen) atoms. The summed E-state index contributed by atoms with van der Waals surface area (Å²) in [5.41, 5.74) is -0.615. The van der Waals surface area contributed by atoms with E-state index in [4.69, 9.17) is 0 Å². The lowest BCUT2D eigenvalue weighted by Gasteiger charge is -2.20. The fourth-order valence-electron chi connectivity index (χ4n) is 2.33. The summed E-state index contributed by atoms with van der Waals surface area (Å²) >= 11 is 0. The van der Waals surface area contributed by atoms with Gasteiger partial charge in [0, 0.05) is 12.1 Å². The second-order valence-corrected chi connectivity index (χ2v) is 5.63. The van der Waals surface area contributed by atoms with Gasteiger partial charge in [-0.2, -0.15) is 17.6 Å². The van der Waals surface area contributed by atoms with Gasteiger partial charge >= 0.3 is 12.7 Å². The molecule has 2 aromatic carbocycles. The third-order valence-electron chi connectivity index (χ3n) is 3.59. The zero-order valence-corrected chi connectivity index (χ0v) is 14.0. The Morgan fingerprint density at radius 3 is 2.11 bits per heavy atom. The molecule has 0 aliphatic heterocycles. The summed E-state index contributed by atoms with van der Waals surface area (Å²) in [6.45, 7) is -1.59. The van der Waals surface area contributed by atoms with E-state index in [-0.39, 0.29) is 12.1 Å². The van der Waals surface area contributed by atoms with Crippen molar-refractivity contribution in [1.29, 1.82) is 0 Å². The van der Waals surface area contributed by atoms with Crippen LogP contribution in [0.5, 0.6) is 11.5 Å². The van der Waals surface area contributed by atoms with Crippen LogP contribution in [0.1, 0.15) is 30.9 Å². The first-order chi connectivity index (χ1) is 12.6. The average Bonchev–Trinajstić information content (AvgIpc) is 2.55. The highest BCUT2D eigenvalue weighted by Gasteiger charge is 2.38. The molecule has 0 radical (unpaired) electrons. The number of unbranched alkanes of at least 4 members (excludes halogenated alkanes) is 1. The summed E-state index contributed by atoms with van der Waals surface area (Å²) in [5.74, 6) is -7.04. The van der Waals surface area contributed by atoms with Crippen molar-refractivity contribution < 1.29 is 40.2 Å². The van der Waals surface area contributed by atoms with E-state index < -0.39 is 47.2 Å². The van der Waals surface area contributed by atoms with Gasteiger partial charge in [0.05, 0.1) is 5.56 Å². The first kappa shape index (κ1) is 20.9. The van der Waals surface area contributed by atoms with Crippen molar-refractivity contribution in [3.8, 4) is 11.5 Å². The molecular formula is C18H15F7O2. The van der Waals surface area contributed by atoms with Crippen molar-refractivity contribution in [2.24, 2.45) is 0 Å². The van der Waals surface area contributed by atoms with Crippen LogP contribution in [0.4, 0.5) is 30.7 Å². The maximum Gasteiger partial charge on any atom is 0.429 e. The summed E-state index contributed by atoms with van der Waals surface area (Å²) in [4.78, 5) is 0. The van der Waals surface area contributed by atoms with Crippen molar-refractivity contribution >= 4 is 0 Å². The minimum absolute atomic E-state index is 0.238. The molecule has 0 aliphatic rings. The van der Waals surface area contributed by atoms with E-state index in [1.807, 2.05) is 6.92 Å². The topological polar surface area (TPSA) is 18.5 Å². The Hall–Kier alpha value is -2.45. The molecule has 0 aromatic heterocycles. The number of alkyl halides is 4. The number of benzene rings is 2. The Morgan fingerprint density at radius 2 is 1.59 bits per heavy atom. The minimum Gasteiger partial charge on any atom is -0.429 e. The van der Waals surface area contributed by atoms with E-state index >= 15 is 0 Å². The number of hydrogen-bond acceptors (Lipinski definition) is 2. The fraction of sp³-hybridized carbons (Fsp3) is 0.333. The second kappa shape index (κ2) is 8.49. The van der Waals surface area contributed by atoms with Crippen molar-refractivity contribution in [2.75, 3.05) is 0 Å². The van der Waals surface area contributed by atoms with Gasteiger partial charge in [0.2, 0.25) is 0 Å². The normalized spacial score (nSPS) is 11.7. The molecule has 0 atom stereocenters. The van der Waals surface area contributed by atoms with Gasteiger partial charge < -0.3 is 9.47 Å². The summed E-state index contributed by atoms with van der Waals surface area (Å²) in [6.07, 6.45) is -2.16. The first-order valence-electron chi connectivity index (χ1n) is 7.93. The molecule has 2 rings (SSSR count). The Kier molecular flexibility index (Phi) is 6.56. The molecule has 2 nitrogen and oxygen atoms in total. The van der Waals surface area contributed by atoms with Crippen LogP contribution in [-0.4, -0.2) is 6.61 Å². The molecule has 9 heteroatoms. The maximum atomic E-state index is 14.2. The molecule has 0 saturated heterocycles. The van der Waals surface area contributed by atoms with E-state index in [2.05, 4.69) is 9.47 Å². The van der Waals surface area contributed by atoms with Crippen LogP contribution in [0.2, 0.25) is 0 Å². The van der Waals surface area contributed by atoms with E-state index in [1.54, 1.807) is 0 Å². The molecule has 0 bridgehead atoms. The van der Waals surface area contributed by atoms with E-state index in [0.717, 1.165) is 25.0 Å². The van der Waals surface area contributed by atoms with E-state index in [0.29, 0.717) is 12.0 Å². The van der Waals surface area contributed by atoms with Gasteiger partial charge in [-0.25, -0.2) is 13.2 Å². The van der Waals surface area contributed by atoms with Crippen LogP contribution in [-0.2, 0) is 12.5 Å². The van der Waals surface area contributed by atoms with Gasteiger partial charge in [-0.1, -0.05) is 19.4 Å². The summed E-state index contributed by atoms with van der Waals surface area (Å²) in [7, 11) is 0. The van der Waals surface area contributed by atoms with Crippen LogP contribution < -0.4 is 9.47 Å². The fourth-order valence-corrected chi connectivity index (χ4v) is 2.33. The Balaban J connectivity index is 2.25.